The minimum Gasteiger partial charge on any atom is -0.387 e. The Kier molecular flexibility index (Phi) is 9.62. The number of hydrogen-bond donors (Lipinski definition) is 1. The summed E-state index contributed by atoms with van der Waals surface area (Å²) >= 11 is 0. The van der Waals surface area contributed by atoms with E-state index in [0.717, 1.165) is 0 Å². The van der Waals surface area contributed by atoms with Crippen molar-refractivity contribution in [3.8, 4) is 0 Å². The summed E-state index contributed by atoms with van der Waals surface area (Å²) in [5.41, 5.74) is 0. The molecule has 0 amide bonds. The first-order chi connectivity index (χ1) is 8.15. The van der Waals surface area contributed by atoms with Gasteiger partial charge in [0.05, 0.1) is 13.2 Å². The Morgan fingerprint density at radius 2 is 1.24 bits per heavy atom. The van der Waals surface area contributed by atoms with Crippen LogP contribution in [0.5, 0.6) is 0 Å². The normalized spacial score (nSPS) is 18.7. The molecule has 0 aromatic heterocycles. The molecule has 0 radical (unpaired) electrons. The van der Waals surface area contributed by atoms with Gasteiger partial charge in [-0.3, -0.25) is 0 Å². The van der Waals surface area contributed by atoms with Crippen molar-refractivity contribution in [3.05, 3.63) is 0 Å². The van der Waals surface area contributed by atoms with Gasteiger partial charge in [-0.1, -0.05) is 0 Å². The average molecular weight is 252 g/mol. The molecule has 6 nitrogen and oxygen atoms in total. The van der Waals surface area contributed by atoms with E-state index in [0.29, 0.717) is 6.61 Å². The van der Waals surface area contributed by atoms with Crippen LogP contribution in [0, 0.1) is 0 Å². The number of hydrogen-bond acceptors (Lipinski definition) is 6. The third kappa shape index (κ3) is 5.29. The first-order valence-electron chi connectivity index (χ1n) is 5.40. The molecule has 0 saturated carbocycles. The summed E-state index contributed by atoms with van der Waals surface area (Å²) in [5.74, 6) is 0. The second-order valence-electron chi connectivity index (χ2n) is 3.65. The van der Waals surface area contributed by atoms with Crippen LogP contribution >= 0.6 is 0 Å². The van der Waals surface area contributed by atoms with Gasteiger partial charge in [0, 0.05) is 35.5 Å². The summed E-state index contributed by atoms with van der Waals surface area (Å²) < 4.78 is 25.6. The first kappa shape index (κ1) is 16.8. The van der Waals surface area contributed by atoms with E-state index in [1.165, 1.54) is 14.2 Å². The fraction of sp³-hybridized carbons (Fsp3) is 1.00. The van der Waals surface area contributed by atoms with Crippen LogP contribution in [-0.4, -0.2) is 78.3 Å². The maximum absolute atomic E-state index is 10.2. The fourth-order valence-corrected chi connectivity index (χ4v) is 1.65. The van der Waals surface area contributed by atoms with Crippen molar-refractivity contribution in [2.75, 3.05) is 48.8 Å². The Balaban J connectivity index is 4.58. The van der Waals surface area contributed by atoms with Crippen LogP contribution in [0.15, 0.2) is 0 Å². The Hall–Kier alpha value is -0.240. The largest absolute Gasteiger partial charge is 0.387 e. The molecule has 0 aliphatic heterocycles. The molecule has 0 aliphatic carbocycles. The summed E-state index contributed by atoms with van der Waals surface area (Å²) in [6, 6.07) is 0. The number of methoxy groups -OCH3 is 5. The second kappa shape index (κ2) is 9.76. The lowest BCUT2D eigenvalue weighted by Gasteiger charge is -2.32. The van der Waals surface area contributed by atoms with E-state index in [-0.39, 0.29) is 12.7 Å². The van der Waals surface area contributed by atoms with Gasteiger partial charge in [-0.25, -0.2) is 0 Å². The molecule has 0 aromatic rings. The number of aliphatic hydroxyl groups is 1. The molecular weight excluding hydrogens is 228 g/mol. The molecule has 4 atom stereocenters. The van der Waals surface area contributed by atoms with Crippen molar-refractivity contribution in [2.45, 2.75) is 24.4 Å². The van der Waals surface area contributed by atoms with Crippen LogP contribution < -0.4 is 0 Å². The van der Waals surface area contributed by atoms with Crippen molar-refractivity contribution in [2.24, 2.45) is 0 Å². The summed E-state index contributed by atoms with van der Waals surface area (Å²) in [5, 5.41) is 10.2. The van der Waals surface area contributed by atoms with Crippen LogP contribution in [0.25, 0.3) is 0 Å². The first-order valence-corrected chi connectivity index (χ1v) is 5.40. The van der Waals surface area contributed by atoms with E-state index in [9.17, 15) is 5.11 Å². The third-order valence-corrected chi connectivity index (χ3v) is 2.62. The van der Waals surface area contributed by atoms with Gasteiger partial charge in [0.25, 0.3) is 0 Å². The summed E-state index contributed by atoms with van der Waals surface area (Å²) in [6.07, 6.45) is -2.24. The van der Waals surface area contributed by atoms with Crippen LogP contribution in [0.1, 0.15) is 0 Å². The summed E-state index contributed by atoms with van der Waals surface area (Å²) in [6.45, 7) is 0.608. The van der Waals surface area contributed by atoms with E-state index >= 15 is 0 Å². The molecule has 0 spiro atoms. The summed E-state index contributed by atoms with van der Waals surface area (Å²) in [7, 11) is 7.67. The minimum absolute atomic E-state index is 0.279. The van der Waals surface area contributed by atoms with Crippen LogP contribution in [0.2, 0.25) is 0 Å². The van der Waals surface area contributed by atoms with Gasteiger partial charge in [0.1, 0.15) is 24.4 Å². The zero-order chi connectivity index (χ0) is 13.3. The quantitative estimate of drug-likeness (QED) is 0.575. The molecule has 0 heterocycles. The lowest BCUT2D eigenvalue weighted by molar-refractivity contribution is -0.156. The maximum atomic E-state index is 10.2. The number of rotatable bonds is 10. The predicted octanol–water partition coefficient (Wildman–Crippen LogP) is -0.315. The summed E-state index contributed by atoms with van der Waals surface area (Å²) in [4.78, 5) is 0. The standard InChI is InChI=1S/C11H24O6/c1-13-6-8(15-3)10(12)11(17-5)9(16-4)7-14-2/h8-12H,6-7H2,1-5H3/t8-,9-,10-,11+/m0/s1. The molecule has 0 rings (SSSR count). The molecule has 6 heteroatoms. The lowest BCUT2D eigenvalue weighted by Crippen LogP contribution is -2.49. The Bertz CT molecular complexity index is 177. The lowest BCUT2D eigenvalue weighted by atomic mass is 10.0. The molecule has 0 saturated heterocycles. The third-order valence-electron chi connectivity index (χ3n) is 2.62. The van der Waals surface area contributed by atoms with E-state index in [1.54, 1.807) is 21.3 Å². The average Bonchev–Trinajstić information content (AvgIpc) is 2.35. The van der Waals surface area contributed by atoms with Crippen LogP contribution in [-0.2, 0) is 23.7 Å². The van der Waals surface area contributed by atoms with Gasteiger partial charge in [-0.2, -0.15) is 0 Å². The van der Waals surface area contributed by atoms with Crippen molar-refractivity contribution < 1.29 is 28.8 Å². The Morgan fingerprint density at radius 1 is 0.765 bits per heavy atom. The highest BCUT2D eigenvalue weighted by Gasteiger charge is 2.34. The van der Waals surface area contributed by atoms with Gasteiger partial charge in [-0.15, -0.1) is 0 Å². The monoisotopic (exact) mass is 252 g/mol. The highest BCUT2D eigenvalue weighted by molar-refractivity contribution is 4.83. The van der Waals surface area contributed by atoms with Crippen LogP contribution in [0.4, 0.5) is 0 Å². The van der Waals surface area contributed by atoms with Crippen molar-refractivity contribution in [1.29, 1.82) is 0 Å². The van der Waals surface area contributed by atoms with Crippen molar-refractivity contribution in [1.82, 2.24) is 0 Å². The van der Waals surface area contributed by atoms with Gasteiger partial charge in [0.15, 0.2) is 0 Å². The molecule has 0 bridgehead atoms. The van der Waals surface area contributed by atoms with Gasteiger partial charge in [0.2, 0.25) is 0 Å². The highest BCUT2D eigenvalue weighted by Crippen LogP contribution is 2.13. The van der Waals surface area contributed by atoms with E-state index in [4.69, 9.17) is 23.7 Å². The molecule has 1 N–H and O–H groups in total. The highest BCUT2D eigenvalue weighted by atomic mass is 16.6. The van der Waals surface area contributed by atoms with E-state index in [1.807, 2.05) is 0 Å². The van der Waals surface area contributed by atoms with Crippen molar-refractivity contribution in [3.63, 3.8) is 0 Å². The molecule has 0 unspecified atom stereocenters. The van der Waals surface area contributed by atoms with Gasteiger partial charge in [-0.05, 0) is 0 Å². The smallest absolute Gasteiger partial charge is 0.114 e. The van der Waals surface area contributed by atoms with Crippen LogP contribution in [0.3, 0.4) is 0 Å². The van der Waals surface area contributed by atoms with E-state index in [2.05, 4.69) is 0 Å². The molecule has 0 fully saturated rings. The minimum atomic E-state index is -0.856. The SMILES string of the molecule is COC[C@H](OC)[C@H](O)[C@H](OC)[C@H](COC)OC. The molecule has 17 heavy (non-hydrogen) atoms. The Morgan fingerprint density at radius 3 is 1.59 bits per heavy atom. The van der Waals surface area contributed by atoms with Gasteiger partial charge >= 0.3 is 0 Å². The predicted molar refractivity (Wildman–Crippen MR) is 62.1 cm³/mol. The zero-order valence-corrected chi connectivity index (χ0v) is 11.2. The van der Waals surface area contributed by atoms with Gasteiger partial charge < -0.3 is 28.8 Å². The molecule has 0 aliphatic rings. The topological polar surface area (TPSA) is 66.4 Å². The number of ether oxygens (including phenoxy) is 5. The van der Waals surface area contributed by atoms with E-state index < -0.39 is 18.3 Å². The fourth-order valence-electron chi connectivity index (χ4n) is 1.65. The zero-order valence-electron chi connectivity index (χ0n) is 11.2. The molecule has 0 aromatic carbocycles. The Labute approximate surface area is 103 Å². The second-order valence-corrected chi connectivity index (χ2v) is 3.65. The molecule has 104 valence electrons. The van der Waals surface area contributed by atoms with Crippen molar-refractivity contribution >= 4 is 0 Å². The number of aliphatic hydroxyl groups excluding tert-OH is 1. The maximum Gasteiger partial charge on any atom is 0.114 e. The molecular formula is C11H24O6.